The van der Waals surface area contributed by atoms with E-state index in [0.717, 1.165) is 11.1 Å². The van der Waals surface area contributed by atoms with Gasteiger partial charge < -0.3 is 14.3 Å². The molecule has 8 heteroatoms. The molecule has 27 heavy (non-hydrogen) atoms. The highest BCUT2D eigenvalue weighted by Gasteiger charge is 2.11. The van der Waals surface area contributed by atoms with E-state index in [4.69, 9.17) is 8.94 Å². The van der Waals surface area contributed by atoms with Crippen LogP contribution in [-0.2, 0) is 11.2 Å². The number of anilines is 1. The van der Waals surface area contributed by atoms with Crippen molar-refractivity contribution < 1.29 is 13.7 Å². The molecule has 8 nitrogen and oxygen atoms in total. The van der Waals surface area contributed by atoms with E-state index in [0.29, 0.717) is 29.6 Å². The Bertz CT molecular complexity index is 1030. The van der Waals surface area contributed by atoms with Crippen LogP contribution in [0.25, 0.3) is 22.7 Å². The zero-order valence-electron chi connectivity index (χ0n) is 14.2. The van der Waals surface area contributed by atoms with Crippen LogP contribution in [0.3, 0.4) is 0 Å². The van der Waals surface area contributed by atoms with Gasteiger partial charge in [-0.2, -0.15) is 4.98 Å². The van der Waals surface area contributed by atoms with Gasteiger partial charge in [-0.1, -0.05) is 17.3 Å². The van der Waals surface area contributed by atoms with E-state index in [9.17, 15) is 4.79 Å². The minimum absolute atomic E-state index is 0.147. The number of hydrogen-bond donors (Lipinski definition) is 1. The summed E-state index contributed by atoms with van der Waals surface area (Å²) in [5, 5.41) is 6.77. The third kappa shape index (κ3) is 4.06. The Balaban J connectivity index is 1.35. The molecule has 4 aromatic rings. The van der Waals surface area contributed by atoms with Gasteiger partial charge in [0, 0.05) is 42.0 Å². The highest BCUT2D eigenvalue weighted by molar-refractivity contribution is 5.91. The van der Waals surface area contributed by atoms with E-state index in [2.05, 4.69) is 25.4 Å². The molecule has 1 amide bonds. The topological polar surface area (TPSA) is 107 Å². The molecule has 3 heterocycles. The number of aryl methyl sites for hydroxylation is 1. The predicted octanol–water partition coefficient (Wildman–Crippen LogP) is 3.36. The quantitative estimate of drug-likeness (QED) is 0.561. The summed E-state index contributed by atoms with van der Waals surface area (Å²) in [4.78, 5) is 24.4. The number of oxazole rings is 1. The van der Waals surface area contributed by atoms with Gasteiger partial charge in [0.15, 0.2) is 12.2 Å². The molecule has 0 fully saturated rings. The van der Waals surface area contributed by atoms with Crippen molar-refractivity contribution in [1.29, 1.82) is 0 Å². The van der Waals surface area contributed by atoms with Crippen LogP contribution in [0.2, 0.25) is 0 Å². The first kappa shape index (κ1) is 16.6. The minimum atomic E-state index is -0.147. The molecule has 0 aliphatic heterocycles. The van der Waals surface area contributed by atoms with Crippen LogP contribution in [0.4, 0.5) is 5.69 Å². The van der Waals surface area contributed by atoms with Crippen LogP contribution < -0.4 is 5.32 Å². The Morgan fingerprint density at radius 3 is 2.81 bits per heavy atom. The lowest BCUT2D eigenvalue weighted by atomic mass is 10.1. The SMILES string of the molecule is O=C(CCc1nc(-c2cccnc2)no1)Nc1cccc(-c2cnco2)c1. The summed E-state index contributed by atoms with van der Waals surface area (Å²) >= 11 is 0. The molecular formula is C19H15N5O3. The number of amides is 1. The summed E-state index contributed by atoms with van der Waals surface area (Å²) in [6.07, 6.45) is 6.89. The highest BCUT2D eigenvalue weighted by atomic mass is 16.5. The van der Waals surface area contributed by atoms with Gasteiger partial charge in [0.1, 0.15) is 0 Å². The van der Waals surface area contributed by atoms with Crippen molar-refractivity contribution in [3.63, 3.8) is 0 Å². The standard InChI is InChI=1S/C19H15N5O3/c25-17(22-15-5-1-3-13(9-15)16-11-21-12-26-16)6-7-18-23-19(24-27-18)14-4-2-8-20-10-14/h1-5,8-12H,6-7H2,(H,22,25). The summed E-state index contributed by atoms with van der Waals surface area (Å²) < 4.78 is 10.5. The highest BCUT2D eigenvalue weighted by Crippen LogP contribution is 2.22. The zero-order chi connectivity index (χ0) is 18.5. The van der Waals surface area contributed by atoms with Crippen molar-refractivity contribution in [2.24, 2.45) is 0 Å². The Morgan fingerprint density at radius 2 is 2.00 bits per heavy atom. The summed E-state index contributed by atoms with van der Waals surface area (Å²) in [6.45, 7) is 0. The minimum Gasteiger partial charge on any atom is -0.444 e. The summed E-state index contributed by atoms with van der Waals surface area (Å²) in [6, 6.07) is 11.0. The van der Waals surface area contributed by atoms with Gasteiger partial charge in [-0.25, -0.2) is 4.98 Å². The number of pyridine rings is 1. The summed E-state index contributed by atoms with van der Waals surface area (Å²) in [5.41, 5.74) is 2.28. The predicted molar refractivity (Wildman–Crippen MR) is 96.4 cm³/mol. The monoisotopic (exact) mass is 361 g/mol. The van der Waals surface area contributed by atoms with Crippen molar-refractivity contribution in [2.45, 2.75) is 12.8 Å². The van der Waals surface area contributed by atoms with Crippen molar-refractivity contribution in [2.75, 3.05) is 5.32 Å². The van der Waals surface area contributed by atoms with E-state index < -0.39 is 0 Å². The Kier molecular flexibility index (Phi) is 4.69. The first-order valence-corrected chi connectivity index (χ1v) is 8.30. The molecule has 0 spiro atoms. The number of rotatable bonds is 6. The molecular weight excluding hydrogens is 346 g/mol. The second-order valence-electron chi connectivity index (χ2n) is 5.75. The number of nitrogens with one attached hydrogen (secondary N) is 1. The number of benzene rings is 1. The average molecular weight is 361 g/mol. The second kappa shape index (κ2) is 7.61. The van der Waals surface area contributed by atoms with Crippen molar-refractivity contribution in [1.82, 2.24) is 20.1 Å². The van der Waals surface area contributed by atoms with E-state index in [1.54, 1.807) is 24.7 Å². The fourth-order valence-electron chi connectivity index (χ4n) is 2.52. The summed E-state index contributed by atoms with van der Waals surface area (Å²) in [7, 11) is 0. The van der Waals surface area contributed by atoms with Crippen molar-refractivity contribution in [3.05, 3.63) is 67.3 Å². The van der Waals surface area contributed by atoms with Gasteiger partial charge in [0.25, 0.3) is 0 Å². The molecule has 1 aromatic carbocycles. The molecule has 3 aromatic heterocycles. The van der Waals surface area contributed by atoms with Gasteiger partial charge in [-0.05, 0) is 24.3 Å². The van der Waals surface area contributed by atoms with Gasteiger partial charge in [-0.3, -0.25) is 9.78 Å². The number of aromatic nitrogens is 4. The normalized spacial score (nSPS) is 10.7. The largest absolute Gasteiger partial charge is 0.444 e. The fraction of sp³-hybridized carbons (Fsp3) is 0.105. The van der Waals surface area contributed by atoms with Gasteiger partial charge in [0.2, 0.25) is 17.6 Å². The van der Waals surface area contributed by atoms with Crippen LogP contribution >= 0.6 is 0 Å². The van der Waals surface area contributed by atoms with Crippen LogP contribution in [0.1, 0.15) is 12.3 Å². The molecule has 0 aliphatic rings. The number of hydrogen-bond acceptors (Lipinski definition) is 7. The van der Waals surface area contributed by atoms with Gasteiger partial charge in [-0.15, -0.1) is 0 Å². The van der Waals surface area contributed by atoms with E-state index in [-0.39, 0.29) is 12.3 Å². The fourth-order valence-corrected chi connectivity index (χ4v) is 2.52. The lowest BCUT2D eigenvalue weighted by molar-refractivity contribution is -0.116. The molecule has 0 saturated heterocycles. The molecule has 1 N–H and O–H groups in total. The second-order valence-corrected chi connectivity index (χ2v) is 5.75. The van der Waals surface area contributed by atoms with Crippen LogP contribution in [-0.4, -0.2) is 26.0 Å². The molecule has 0 radical (unpaired) electrons. The smallest absolute Gasteiger partial charge is 0.227 e. The van der Waals surface area contributed by atoms with Crippen LogP contribution in [0.15, 0.2) is 70.3 Å². The molecule has 4 rings (SSSR count). The van der Waals surface area contributed by atoms with Crippen molar-refractivity contribution >= 4 is 11.6 Å². The molecule has 0 unspecified atom stereocenters. The number of carbonyl (C=O) groups is 1. The Hall–Kier alpha value is -3.81. The van der Waals surface area contributed by atoms with Crippen LogP contribution in [0.5, 0.6) is 0 Å². The van der Waals surface area contributed by atoms with E-state index >= 15 is 0 Å². The molecule has 0 bridgehead atoms. The maximum atomic E-state index is 12.2. The summed E-state index contributed by atoms with van der Waals surface area (Å²) in [5.74, 6) is 1.35. The maximum Gasteiger partial charge on any atom is 0.227 e. The number of nitrogens with zero attached hydrogens (tertiary/aromatic N) is 4. The molecule has 0 saturated carbocycles. The Labute approximate surface area is 154 Å². The first-order chi connectivity index (χ1) is 13.3. The molecule has 134 valence electrons. The van der Waals surface area contributed by atoms with E-state index in [1.165, 1.54) is 6.39 Å². The lowest BCUT2D eigenvalue weighted by Gasteiger charge is -2.05. The van der Waals surface area contributed by atoms with Gasteiger partial charge >= 0.3 is 0 Å². The average Bonchev–Trinajstić information content (AvgIpc) is 3.40. The van der Waals surface area contributed by atoms with Crippen LogP contribution in [0, 0.1) is 0 Å². The van der Waals surface area contributed by atoms with Crippen molar-refractivity contribution in [3.8, 4) is 22.7 Å². The third-order valence-electron chi connectivity index (χ3n) is 3.82. The maximum absolute atomic E-state index is 12.2. The third-order valence-corrected chi connectivity index (χ3v) is 3.82. The first-order valence-electron chi connectivity index (χ1n) is 8.30. The lowest BCUT2D eigenvalue weighted by Crippen LogP contribution is -2.12. The molecule has 0 aliphatic carbocycles. The zero-order valence-corrected chi connectivity index (χ0v) is 14.2. The number of carbonyl (C=O) groups excluding carboxylic acids is 1. The van der Waals surface area contributed by atoms with E-state index in [1.807, 2.05) is 30.3 Å². The molecule has 0 atom stereocenters. The Morgan fingerprint density at radius 1 is 1.07 bits per heavy atom. The van der Waals surface area contributed by atoms with Gasteiger partial charge in [0.05, 0.1) is 6.20 Å².